The molecule has 7 nitrogen and oxygen atoms in total. The van der Waals surface area contributed by atoms with Crippen molar-refractivity contribution >= 4 is 28.9 Å². The monoisotopic (exact) mass is 470 g/mol. The minimum Gasteiger partial charge on any atom is -0.489 e. The number of amides is 2. The molecule has 0 bridgehead atoms. The van der Waals surface area contributed by atoms with Gasteiger partial charge in [0, 0.05) is 17.5 Å². The van der Waals surface area contributed by atoms with E-state index in [1.165, 1.54) is 0 Å². The number of benzene rings is 1. The summed E-state index contributed by atoms with van der Waals surface area (Å²) in [5.74, 6) is 0.0173. The molecule has 1 N–H and O–H groups in total. The van der Waals surface area contributed by atoms with Crippen LogP contribution < -0.4 is 10.1 Å². The quantitative estimate of drug-likeness (QED) is 0.562. The van der Waals surface area contributed by atoms with E-state index in [4.69, 9.17) is 9.47 Å². The smallest absolute Gasteiger partial charge is 0.311 e. The van der Waals surface area contributed by atoms with Crippen LogP contribution in [0.2, 0.25) is 0 Å². The van der Waals surface area contributed by atoms with Crippen LogP contribution in [0.15, 0.2) is 42.6 Å². The molecular weight excluding hydrogens is 440 g/mol. The first kappa shape index (κ1) is 24.8. The number of aromatic nitrogens is 1. The van der Waals surface area contributed by atoms with E-state index in [0.29, 0.717) is 12.2 Å². The van der Waals surface area contributed by atoms with Crippen LogP contribution in [0.4, 0.5) is 4.79 Å². The maximum absolute atomic E-state index is 12.5. The molecule has 0 spiro atoms. The van der Waals surface area contributed by atoms with Crippen LogP contribution >= 0.6 is 11.8 Å². The second kappa shape index (κ2) is 9.95. The van der Waals surface area contributed by atoms with Gasteiger partial charge in [-0.1, -0.05) is 25.1 Å². The lowest BCUT2D eigenvalue weighted by Crippen LogP contribution is -2.35. The number of carbonyl (C=O) groups is 3. The van der Waals surface area contributed by atoms with Gasteiger partial charge in [-0.05, 0) is 76.1 Å². The number of carbonyl (C=O) groups excluding carboxylic acids is 3. The Morgan fingerprint density at radius 1 is 1.15 bits per heavy atom. The third-order valence-corrected chi connectivity index (χ3v) is 6.39. The Morgan fingerprint density at radius 2 is 1.85 bits per heavy atom. The van der Waals surface area contributed by atoms with Gasteiger partial charge in [0.05, 0.1) is 5.41 Å². The van der Waals surface area contributed by atoms with Gasteiger partial charge in [0.1, 0.15) is 17.1 Å². The van der Waals surface area contributed by atoms with Crippen molar-refractivity contribution < 1.29 is 23.9 Å². The van der Waals surface area contributed by atoms with E-state index in [-0.39, 0.29) is 23.7 Å². The van der Waals surface area contributed by atoms with Crippen LogP contribution in [-0.4, -0.2) is 33.5 Å². The van der Waals surface area contributed by atoms with Gasteiger partial charge in [0.2, 0.25) is 5.91 Å². The van der Waals surface area contributed by atoms with Gasteiger partial charge in [-0.2, -0.15) is 0 Å². The molecule has 2 amide bonds. The molecule has 2 heterocycles. The van der Waals surface area contributed by atoms with Crippen LogP contribution in [0, 0.1) is 5.41 Å². The Kier molecular flexibility index (Phi) is 7.47. The van der Waals surface area contributed by atoms with Gasteiger partial charge < -0.3 is 9.47 Å². The molecular formula is C25H30N2O5S. The first-order chi connectivity index (χ1) is 15.5. The lowest BCUT2D eigenvalue weighted by atomic mass is 9.97. The first-order valence-corrected chi connectivity index (χ1v) is 11.7. The summed E-state index contributed by atoms with van der Waals surface area (Å²) in [6.45, 7) is 9.35. The molecule has 1 aromatic carbocycles. The van der Waals surface area contributed by atoms with Gasteiger partial charge in [0.25, 0.3) is 5.24 Å². The number of rotatable bonds is 8. The summed E-state index contributed by atoms with van der Waals surface area (Å²) in [6.07, 6.45) is 2.37. The molecule has 0 aliphatic carbocycles. The molecule has 2 atom stereocenters. The number of imide groups is 1. The minimum absolute atomic E-state index is 0.138. The predicted molar refractivity (Wildman–Crippen MR) is 127 cm³/mol. The fourth-order valence-electron chi connectivity index (χ4n) is 3.22. The Bertz CT molecular complexity index is 1010. The highest BCUT2D eigenvalue weighted by molar-refractivity contribution is 8.16. The van der Waals surface area contributed by atoms with Crippen molar-refractivity contribution in [2.75, 3.05) is 6.61 Å². The molecule has 1 aromatic heterocycles. The van der Waals surface area contributed by atoms with Crippen molar-refractivity contribution in [2.24, 2.45) is 5.41 Å². The Labute approximate surface area is 198 Å². The van der Waals surface area contributed by atoms with Crippen LogP contribution in [0.5, 0.6) is 5.75 Å². The zero-order valence-corrected chi connectivity index (χ0v) is 20.5. The number of thioether (sulfide) groups is 1. The van der Waals surface area contributed by atoms with E-state index in [0.717, 1.165) is 35.0 Å². The molecule has 1 unspecified atom stereocenters. The zero-order chi connectivity index (χ0) is 24.2. The normalized spacial score (nSPS) is 19.2. The van der Waals surface area contributed by atoms with Crippen molar-refractivity contribution in [3.05, 3.63) is 59.4 Å². The Hall–Kier alpha value is -2.87. The highest BCUT2D eigenvalue weighted by Crippen LogP contribution is 2.35. The molecule has 33 heavy (non-hydrogen) atoms. The molecule has 8 heteroatoms. The van der Waals surface area contributed by atoms with Gasteiger partial charge in [0.15, 0.2) is 6.10 Å². The molecule has 2 aromatic rings. The number of nitrogens with zero attached hydrogens (tertiary/aromatic N) is 1. The van der Waals surface area contributed by atoms with Gasteiger partial charge in [-0.25, -0.2) is 0 Å². The topological polar surface area (TPSA) is 94.6 Å². The molecule has 1 aliphatic heterocycles. The van der Waals surface area contributed by atoms with Gasteiger partial charge in [-0.15, -0.1) is 0 Å². The third kappa shape index (κ3) is 6.35. The van der Waals surface area contributed by atoms with E-state index >= 15 is 0 Å². The van der Waals surface area contributed by atoms with Crippen molar-refractivity contribution in [3.8, 4) is 5.75 Å². The molecule has 0 saturated carbocycles. The van der Waals surface area contributed by atoms with Crippen molar-refractivity contribution in [2.45, 2.75) is 58.3 Å². The summed E-state index contributed by atoms with van der Waals surface area (Å²) in [6, 6.07) is 11.2. The summed E-state index contributed by atoms with van der Waals surface area (Å²) < 4.78 is 10.9. The maximum atomic E-state index is 12.5. The highest BCUT2D eigenvalue weighted by atomic mass is 32.2. The number of esters is 1. The number of pyridine rings is 1. The standard InChI is InChI=1S/C25H30N2O5S/c1-6-18-10-9-17(14-26-18)20(32-22(29)24(2,3)4)15-31-19-11-7-16(8-12-19)13-25(5)21(28)27-23(30)33-25/h7-12,14,20H,6,13,15H2,1-5H3,(H,27,28,30)/t20-,25?/m0/s1. The largest absolute Gasteiger partial charge is 0.489 e. The summed E-state index contributed by atoms with van der Waals surface area (Å²) in [5.41, 5.74) is 2.00. The number of hydrogen-bond donors (Lipinski definition) is 1. The lowest BCUT2D eigenvalue weighted by molar-refractivity contribution is -0.160. The van der Waals surface area contributed by atoms with E-state index < -0.39 is 16.3 Å². The van der Waals surface area contributed by atoms with E-state index in [1.54, 1.807) is 46.0 Å². The number of nitrogens with one attached hydrogen (secondary N) is 1. The van der Waals surface area contributed by atoms with Crippen LogP contribution in [0.1, 0.15) is 57.5 Å². The molecule has 1 saturated heterocycles. The van der Waals surface area contributed by atoms with Crippen molar-refractivity contribution in [1.82, 2.24) is 10.3 Å². The lowest BCUT2D eigenvalue weighted by Gasteiger charge is -2.24. The average molecular weight is 471 g/mol. The summed E-state index contributed by atoms with van der Waals surface area (Å²) in [5, 5.41) is 2.01. The summed E-state index contributed by atoms with van der Waals surface area (Å²) in [4.78, 5) is 40.5. The van der Waals surface area contributed by atoms with Crippen LogP contribution in [0.3, 0.4) is 0 Å². The number of hydrogen-bond acceptors (Lipinski definition) is 7. The van der Waals surface area contributed by atoms with E-state index in [9.17, 15) is 14.4 Å². The van der Waals surface area contributed by atoms with E-state index in [2.05, 4.69) is 10.3 Å². The summed E-state index contributed by atoms with van der Waals surface area (Å²) in [7, 11) is 0. The third-order valence-electron chi connectivity index (χ3n) is 5.32. The van der Waals surface area contributed by atoms with E-state index in [1.807, 2.05) is 31.2 Å². The molecule has 0 radical (unpaired) electrons. The number of aryl methyl sites for hydroxylation is 1. The molecule has 176 valence electrons. The van der Waals surface area contributed by atoms with Crippen molar-refractivity contribution in [1.29, 1.82) is 0 Å². The maximum Gasteiger partial charge on any atom is 0.311 e. The minimum atomic E-state index is -0.816. The van der Waals surface area contributed by atoms with Gasteiger partial charge in [-0.3, -0.25) is 24.7 Å². The van der Waals surface area contributed by atoms with Crippen molar-refractivity contribution in [3.63, 3.8) is 0 Å². The Morgan fingerprint density at radius 3 is 2.36 bits per heavy atom. The van der Waals surface area contributed by atoms with Gasteiger partial charge >= 0.3 is 5.97 Å². The fourth-order valence-corrected chi connectivity index (χ4v) is 4.16. The second-order valence-corrected chi connectivity index (χ2v) is 10.8. The van der Waals surface area contributed by atoms with Crippen LogP contribution in [0.25, 0.3) is 0 Å². The zero-order valence-electron chi connectivity index (χ0n) is 19.6. The Balaban J connectivity index is 1.68. The molecule has 3 rings (SSSR count). The summed E-state index contributed by atoms with van der Waals surface area (Å²) >= 11 is 1.01. The predicted octanol–water partition coefficient (Wildman–Crippen LogP) is 4.64. The SMILES string of the molecule is CCc1ccc([C@H](COc2ccc(CC3(C)SC(=O)NC3=O)cc2)OC(=O)C(C)(C)C)cn1. The molecule has 1 fully saturated rings. The highest BCUT2D eigenvalue weighted by Gasteiger charge is 2.43. The fraction of sp³-hybridized carbons (Fsp3) is 0.440. The first-order valence-electron chi connectivity index (χ1n) is 10.9. The molecule has 1 aliphatic rings. The van der Waals surface area contributed by atoms with Crippen LogP contribution in [-0.2, 0) is 27.2 Å². The number of ether oxygens (including phenoxy) is 2. The second-order valence-electron chi connectivity index (χ2n) is 9.29. The average Bonchev–Trinajstić information content (AvgIpc) is 3.02.